The molecule has 6 heteroatoms. The van der Waals surface area contributed by atoms with Gasteiger partial charge in [-0.3, -0.25) is 4.79 Å². The van der Waals surface area contributed by atoms with Gasteiger partial charge in [0.1, 0.15) is 0 Å². The van der Waals surface area contributed by atoms with Gasteiger partial charge in [-0.15, -0.1) is 0 Å². The summed E-state index contributed by atoms with van der Waals surface area (Å²) in [6.07, 6.45) is -1.33. The fourth-order valence-electron chi connectivity index (χ4n) is 0.502. The molecule has 0 aromatic carbocycles. The summed E-state index contributed by atoms with van der Waals surface area (Å²) in [5, 5.41) is 11.2. The molecule has 0 saturated carbocycles. The first-order valence-electron chi connectivity index (χ1n) is 3.34. The summed E-state index contributed by atoms with van der Waals surface area (Å²) >= 11 is 0. The highest BCUT2D eigenvalue weighted by Gasteiger charge is 2.15. The molecule has 0 aliphatic carbocycles. The molecule has 6 nitrogen and oxygen atoms in total. The summed E-state index contributed by atoms with van der Waals surface area (Å²) in [5.41, 5.74) is 4.96. The lowest BCUT2D eigenvalue weighted by atomic mass is 10.3. The number of hydrogen-bond donors (Lipinski definition) is 3. The zero-order valence-electron chi connectivity index (χ0n) is 6.74. The minimum atomic E-state index is -1.33. The largest absolute Gasteiger partial charge is 0.467 e. The van der Waals surface area contributed by atoms with Gasteiger partial charge in [0.05, 0.1) is 20.2 Å². The molecule has 0 radical (unpaired) electrons. The Bertz CT molecular complexity index is 171. The standard InChI is InChI=1S/C6H12N2O4/c1-12-6(11)4(9)3-8-5(10)2-7/h4,9H,2-3,7H2,1H3,(H,8,10). The second-order valence-electron chi connectivity index (χ2n) is 2.05. The number of aliphatic hydroxyl groups is 1. The highest BCUT2D eigenvalue weighted by molar-refractivity contribution is 5.79. The van der Waals surface area contributed by atoms with E-state index in [1.165, 1.54) is 0 Å². The van der Waals surface area contributed by atoms with Crippen LogP contribution < -0.4 is 11.1 Å². The fraction of sp³-hybridized carbons (Fsp3) is 0.667. The van der Waals surface area contributed by atoms with Gasteiger partial charge in [-0.25, -0.2) is 4.79 Å². The van der Waals surface area contributed by atoms with E-state index in [0.29, 0.717) is 0 Å². The van der Waals surface area contributed by atoms with Crippen molar-refractivity contribution in [1.82, 2.24) is 5.32 Å². The molecule has 0 rings (SSSR count). The van der Waals surface area contributed by atoms with Gasteiger partial charge in [-0.2, -0.15) is 0 Å². The molecule has 0 fully saturated rings. The van der Waals surface area contributed by atoms with Crippen LogP contribution in [-0.2, 0) is 14.3 Å². The van der Waals surface area contributed by atoms with E-state index in [0.717, 1.165) is 7.11 Å². The summed E-state index contributed by atoms with van der Waals surface area (Å²) in [7, 11) is 1.15. The highest BCUT2D eigenvalue weighted by atomic mass is 16.5. The molecule has 0 spiro atoms. The first-order valence-corrected chi connectivity index (χ1v) is 3.34. The number of amides is 1. The molecule has 12 heavy (non-hydrogen) atoms. The third kappa shape index (κ3) is 3.89. The van der Waals surface area contributed by atoms with Crippen molar-refractivity contribution < 1.29 is 19.4 Å². The van der Waals surface area contributed by atoms with Gasteiger partial charge in [0.15, 0.2) is 6.10 Å². The van der Waals surface area contributed by atoms with E-state index in [1.54, 1.807) is 0 Å². The fourth-order valence-corrected chi connectivity index (χ4v) is 0.502. The van der Waals surface area contributed by atoms with Crippen molar-refractivity contribution in [1.29, 1.82) is 0 Å². The Labute approximate surface area is 69.7 Å². The zero-order valence-corrected chi connectivity index (χ0v) is 6.74. The van der Waals surface area contributed by atoms with Crippen LogP contribution in [-0.4, -0.2) is 43.3 Å². The van der Waals surface area contributed by atoms with Crippen LogP contribution in [0.4, 0.5) is 0 Å². The Kier molecular flexibility index (Phi) is 4.98. The first-order chi connectivity index (χ1) is 5.61. The normalized spacial score (nSPS) is 11.9. The van der Waals surface area contributed by atoms with Crippen molar-refractivity contribution in [2.24, 2.45) is 5.73 Å². The van der Waals surface area contributed by atoms with Gasteiger partial charge in [0, 0.05) is 0 Å². The van der Waals surface area contributed by atoms with Crippen LogP contribution >= 0.6 is 0 Å². The molecule has 0 aromatic rings. The predicted octanol–water partition coefficient (Wildman–Crippen LogP) is -2.40. The van der Waals surface area contributed by atoms with Crippen molar-refractivity contribution in [2.75, 3.05) is 20.2 Å². The Morgan fingerprint density at radius 3 is 2.67 bits per heavy atom. The number of rotatable bonds is 4. The van der Waals surface area contributed by atoms with Gasteiger partial charge in [-0.1, -0.05) is 0 Å². The lowest BCUT2D eigenvalue weighted by Crippen LogP contribution is -2.39. The highest BCUT2D eigenvalue weighted by Crippen LogP contribution is 1.83. The molecule has 0 bridgehead atoms. The summed E-state index contributed by atoms with van der Waals surface area (Å²) in [6.45, 7) is -0.351. The van der Waals surface area contributed by atoms with E-state index in [4.69, 9.17) is 10.8 Å². The summed E-state index contributed by atoms with van der Waals surface area (Å²) in [4.78, 5) is 21.1. The Balaban J connectivity index is 3.63. The van der Waals surface area contributed by atoms with Crippen LogP contribution in [0.15, 0.2) is 0 Å². The molecule has 0 aromatic heterocycles. The second kappa shape index (κ2) is 5.50. The van der Waals surface area contributed by atoms with Crippen LogP contribution in [0.25, 0.3) is 0 Å². The van der Waals surface area contributed by atoms with Crippen LogP contribution in [0.2, 0.25) is 0 Å². The van der Waals surface area contributed by atoms with Crippen molar-refractivity contribution in [3.8, 4) is 0 Å². The summed E-state index contributed by atoms with van der Waals surface area (Å²) < 4.78 is 4.21. The molecule has 70 valence electrons. The number of nitrogens with one attached hydrogen (secondary N) is 1. The third-order valence-electron chi connectivity index (χ3n) is 1.15. The Morgan fingerprint density at radius 1 is 1.67 bits per heavy atom. The minimum absolute atomic E-state index is 0.173. The van der Waals surface area contributed by atoms with E-state index in [-0.39, 0.29) is 13.1 Å². The second-order valence-corrected chi connectivity index (χ2v) is 2.05. The minimum Gasteiger partial charge on any atom is -0.467 e. The maximum Gasteiger partial charge on any atom is 0.336 e. The lowest BCUT2D eigenvalue weighted by molar-refractivity contribution is -0.150. The topological polar surface area (TPSA) is 102 Å². The van der Waals surface area contributed by atoms with E-state index in [2.05, 4.69) is 10.1 Å². The smallest absolute Gasteiger partial charge is 0.336 e. The van der Waals surface area contributed by atoms with Crippen molar-refractivity contribution >= 4 is 11.9 Å². The molecular formula is C6H12N2O4. The van der Waals surface area contributed by atoms with Crippen molar-refractivity contribution in [3.05, 3.63) is 0 Å². The predicted molar refractivity (Wildman–Crippen MR) is 40.1 cm³/mol. The molecule has 1 amide bonds. The van der Waals surface area contributed by atoms with E-state index in [9.17, 15) is 9.59 Å². The van der Waals surface area contributed by atoms with Gasteiger partial charge < -0.3 is 20.9 Å². The van der Waals surface area contributed by atoms with Crippen molar-refractivity contribution in [2.45, 2.75) is 6.10 Å². The molecule has 1 atom stereocenters. The lowest BCUT2D eigenvalue weighted by Gasteiger charge is -2.08. The van der Waals surface area contributed by atoms with Crippen LogP contribution in [0.1, 0.15) is 0 Å². The summed E-state index contributed by atoms with van der Waals surface area (Å²) in [5.74, 6) is -1.22. The number of carbonyl (C=O) groups is 2. The molecule has 0 aliphatic heterocycles. The molecule has 0 saturated heterocycles. The zero-order chi connectivity index (χ0) is 9.56. The van der Waals surface area contributed by atoms with E-state index >= 15 is 0 Å². The van der Waals surface area contributed by atoms with E-state index < -0.39 is 18.0 Å². The Morgan fingerprint density at radius 2 is 2.25 bits per heavy atom. The van der Waals surface area contributed by atoms with E-state index in [1.807, 2.05) is 0 Å². The number of esters is 1. The number of ether oxygens (including phenoxy) is 1. The van der Waals surface area contributed by atoms with Gasteiger partial charge in [-0.05, 0) is 0 Å². The van der Waals surface area contributed by atoms with Crippen LogP contribution in [0.3, 0.4) is 0 Å². The maximum atomic E-state index is 10.6. The molecule has 0 heterocycles. The number of carbonyl (C=O) groups excluding carboxylic acids is 2. The number of aliphatic hydroxyl groups excluding tert-OH is 1. The number of hydrogen-bond acceptors (Lipinski definition) is 5. The number of methoxy groups -OCH3 is 1. The SMILES string of the molecule is COC(=O)C(O)CNC(=O)CN. The molecule has 4 N–H and O–H groups in total. The monoisotopic (exact) mass is 176 g/mol. The van der Waals surface area contributed by atoms with Gasteiger partial charge in [0.25, 0.3) is 0 Å². The third-order valence-corrected chi connectivity index (χ3v) is 1.15. The Hall–Kier alpha value is -1.14. The van der Waals surface area contributed by atoms with Crippen molar-refractivity contribution in [3.63, 3.8) is 0 Å². The molecule has 1 unspecified atom stereocenters. The van der Waals surface area contributed by atoms with Gasteiger partial charge in [0.2, 0.25) is 5.91 Å². The maximum absolute atomic E-state index is 10.6. The number of nitrogens with two attached hydrogens (primary N) is 1. The average Bonchev–Trinajstić information content (AvgIpc) is 2.11. The average molecular weight is 176 g/mol. The van der Waals surface area contributed by atoms with Crippen LogP contribution in [0.5, 0.6) is 0 Å². The summed E-state index contributed by atoms with van der Waals surface area (Å²) in [6, 6.07) is 0. The van der Waals surface area contributed by atoms with Crippen LogP contribution in [0, 0.1) is 0 Å². The van der Waals surface area contributed by atoms with Gasteiger partial charge >= 0.3 is 5.97 Å². The first kappa shape index (κ1) is 10.9. The molecular weight excluding hydrogens is 164 g/mol. The quantitative estimate of drug-likeness (QED) is 0.414. The molecule has 0 aliphatic rings.